The summed E-state index contributed by atoms with van der Waals surface area (Å²) in [7, 11) is -2.57. The van der Waals surface area contributed by atoms with E-state index in [0.29, 0.717) is 42.7 Å². The van der Waals surface area contributed by atoms with E-state index < -0.39 is 7.14 Å². The minimum absolute atomic E-state index is 0.0232. The third-order valence-corrected chi connectivity index (χ3v) is 9.77. The van der Waals surface area contributed by atoms with Gasteiger partial charge in [-0.15, -0.1) is 0 Å². The van der Waals surface area contributed by atoms with Gasteiger partial charge in [0.1, 0.15) is 24.2 Å². The Morgan fingerprint density at radius 2 is 1.88 bits per heavy atom. The number of nitrogens with zero attached hydrogens (tertiary/aromatic N) is 5. The topological polar surface area (TPSA) is 111 Å². The van der Waals surface area contributed by atoms with Crippen molar-refractivity contribution in [3.8, 4) is 0 Å². The number of rotatable bonds is 5. The van der Waals surface area contributed by atoms with E-state index in [-0.39, 0.29) is 28.7 Å². The fourth-order valence-corrected chi connectivity index (χ4v) is 6.86. The molecule has 1 N–H and O–H groups in total. The molecule has 212 valence electrons. The van der Waals surface area contributed by atoms with Crippen LogP contribution in [0.2, 0.25) is 0 Å². The highest BCUT2D eigenvalue weighted by atomic mass is 31.2. The first-order chi connectivity index (χ1) is 18.9. The molecule has 11 heteroatoms. The van der Waals surface area contributed by atoms with Gasteiger partial charge in [-0.3, -0.25) is 4.79 Å². The monoisotopic (exact) mass is 564 g/mol. The van der Waals surface area contributed by atoms with Gasteiger partial charge in [-0.05, 0) is 64.6 Å². The molecule has 2 fully saturated rings. The predicted molar refractivity (Wildman–Crippen MR) is 156 cm³/mol. The van der Waals surface area contributed by atoms with Crippen LogP contribution in [-0.2, 0) is 19.5 Å². The van der Waals surface area contributed by atoms with Gasteiger partial charge in [0.15, 0.2) is 0 Å². The zero-order chi connectivity index (χ0) is 28.3. The quantitative estimate of drug-likeness (QED) is 0.452. The molecule has 2 atom stereocenters. The smallest absolute Gasteiger partial charge is 0.252 e. The van der Waals surface area contributed by atoms with Gasteiger partial charge in [-0.2, -0.15) is 4.98 Å². The lowest BCUT2D eigenvalue weighted by Crippen LogP contribution is -2.54. The Balaban J connectivity index is 1.38. The Labute approximate surface area is 234 Å². The van der Waals surface area contributed by atoms with Crippen LogP contribution >= 0.6 is 7.14 Å². The van der Waals surface area contributed by atoms with Gasteiger partial charge < -0.3 is 28.8 Å². The first-order valence-electron chi connectivity index (χ1n) is 13.8. The second kappa shape index (κ2) is 9.79. The normalized spacial score (nSPS) is 24.4. The SMILES string of the molecule is CC1(C)C[C@H]2N(c3cccc(P(C)(C)=O)n3)c3nc(Nc4ccn(C5CCOCC5)c(=O)c4)ncc3[C@@]2(C)CO1. The largest absolute Gasteiger partial charge is 0.381 e. The summed E-state index contributed by atoms with van der Waals surface area (Å²) in [6.07, 6.45) is 6.11. The first-order valence-corrected chi connectivity index (χ1v) is 16.5. The standard InChI is InChI=1S/C29H37N6O4P/c1-28(2)16-22-29(3,18-39-28)21-17-30-27(31-19-9-12-34(25(36)15-19)20-10-13-38-14-11-20)33-26(21)35(22)23-7-6-8-24(32-23)40(4,5)37/h6-9,12,15,17,20,22H,10-11,13-14,16,18H2,1-5H3,(H,30,31,33)/t22-,29-/m1/s1. The minimum Gasteiger partial charge on any atom is -0.381 e. The van der Waals surface area contributed by atoms with Crippen LogP contribution in [0.25, 0.3) is 0 Å². The van der Waals surface area contributed by atoms with Crippen LogP contribution in [0.5, 0.6) is 0 Å². The van der Waals surface area contributed by atoms with Crippen molar-refractivity contribution < 1.29 is 14.0 Å². The molecule has 0 saturated carbocycles. The fourth-order valence-electron chi connectivity index (χ4n) is 6.07. The van der Waals surface area contributed by atoms with E-state index in [0.717, 1.165) is 30.6 Å². The van der Waals surface area contributed by atoms with E-state index in [1.807, 2.05) is 36.7 Å². The zero-order valence-corrected chi connectivity index (χ0v) is 24.6. The molecule has 0 aliphatic carbocycles. The first kappa shape index (κ1) is 27.1. The Bertz CT molecular complexity index is 1550. The summed E-state index contributed by atoms with van der Waals surface area (Å²) in [5.74, 6) is 1.84. The minimum atomic E-state index is -2.57. The van der Waals surface area contributed by atoms with Crippen LogP contribution in [-0.4, -0.2) is 64.3 Å². The lowest BCUT2D eigenvalue weighted by molar-refractivity contribution is -0.0893. The Kier molecular flexibility index (Phi) is 6.63. The average Bonchev–Trinajstić information content (AvgIpc) is 3.15. The van der Waals surface area contributed by atoms with Gasteiger partial charge in [0.05, 0.1) is 18.2 Å². The summed E-state index contributed by atoms with van der Waals surface area (Å²) in [6.45, 7) is 11.7. The van der Waals surface area contributed by atoms with Crippen LogP contribution in [0.3, 0.4) is 0 Å². The van der Waals surface area contributed by atoms with E-state index in [1.54, 1.807) is 24.0 Å². The molecule has 6 heterocycles. The summed E-state index contributed by atoms with van der Waals surface area (Å²) in [4.78, 5) is 29.6. The Morgan fingerprint density at radius 1 is 1.10 bits per heavy atom. The maximum Gasteiger partial charge on any atom is 0.252 e. The maximum atomic E-state index is 12.9. The molecular weight excluding hydrogens is 527 g/mol. The van der Waals surface area contributed by atoms with Crippen molar-refractivity contribution in [1.29, 1.82) is 0 Å². The predicted octanol–water partition coefficient (Wildman–Crippen LogP) is 4.35. The van der Waals surface area contributed by atoms with Crippen LogP contribution in [0.1, 0.15) is 51.6 Å². The summed E-state index contributed by atoms with van der Waals surface area (Å²) >= 11 is 0. The van der Waals surface area contributed by atoms with Gasteiger partial charge >= 0.3 is 0 Å². The van der Waals surface area contributed by atoms with Gasteiger partial charge in [0.2, 0.25) is 5.95 Å². The number of aromatic nitrogens is 4. The van der Waals surface area contributed by atoms with Crippen LogP contribution in [0, 0.1) is 0 Å². The molecule has 0 unspecified atom stereocenters. The van der Waals surface area contributed by atoms with Crippen molar-refractivity contribution in [2.75, 3.05) is 43.4 Å². The molecular formula is C29H37N6O4P. The van der Waals surface area contributed by atoms with E-state index in [1.165, 1.54) is 0 Å². The summed E-state index contributed by atoms with van der Waals surface area (Å²) < 4.78 is 26.4. The van der Waals surface area contributed by atoms with Crippen molar-refractivity contribution in [3.63, 3.8) is 0 Å². The molecule has 2 saturated heterocycles. The van der Waals surface area contributed by atoms with Crippen molar-refractivity contribution in [2.45, 2.75) is 63.1 Å². The van der Waals surface area contributed by atoms with Crippen molar-refractivity contribution in [2.24, 2.45) is 0 Å². The van der Waals surface area contributed by atoms with Crippen molar-refractivity contribution >= 4 is 35.8 Å². The summed E-state index contributed by atoms with van der Waals surface area (Å²) in [5, 5.41) is 3.24. The Morgan fingerprint density at radius 3 is 2.60 bits per heavy atom. The second-order valence-electron chi connectivity index (χ2n) is 12.3. The number of hydrogen-bond donors (Lipinski definition) is 1. The van der Waals surface area contributed by atoms with Crippen LogP contribution < -0.4 is 21.2 Å². The van der Waals surface area contributed by atoms with Gasteiger partial charge in [-0.1, -0.05) is 13.0 Å². The number of ether oxygens (including phenoxy) is 2. The fraction of sp³-hybridized carbons (Fsp3) is 0.517. The van der Waals surface area contributed by atoms with Gasteiger partial charge in [-0.25, -0.2) is 9.97 Å². The number of nitrogens with one attached hydrogen (secondary N) is 1. The van der Waals surface area contributed by atoms with E-state index in [9.17, 15) is 9.36 Å². The highest BCUT2D eigenvalue weighted by Gasteiger charge is 2.55. The number of pyridine rings is 2. The second-order valence-corrected chi connectivity index (χ2v) is 15.5. The molecule has 0 radical (unpaired) electrons. The molecule has 0 bridgehead atoms. The van der Waals surface area contributed by atoms with Gasteiger partial charge in [0, 0.05) is 54.4 Å². The molecule has 3 aromatic heterocycles. The highest BCUT2D eigenvalue weighted by molar-refractivity contribution is 7.69. The molecule has 3 aliphatic rings. The molecule has 0 aromatic carbocycles. The van der Waals surface area contributed by atoms with Crippen molar-refractivity contribution in [1.82, 2.24) is 19.5 Å². The van der Waals surface area contributed by atoms with Crippen LogP contribution in [0.15, 0.2) is 47.5 Å². The number of fused-ring (bicyclic) bond motifs is 3. The molecule has 0 amide bonds. The summed E-state index contributed by atoms with van der Waals surface area (Å²) in [5.41, 5.74) is 1.45. The van der Waals surface area contributed by atoms with E-state index in [4.69, 9.17) is 19.4 Å². The summed E-state index contributed by atoms with van der Waals surface area (Å²) in [6, 6.07) is 9.33. The molecule has 40 heavy (non-hydrogen) atoms. The lowest BCUT2D eigenvalue weighted by Gasteiger charge is -2.46. The van der Waals surface area contributed by atoms with Crippen molar-refractivity contribution in [3.05, 3.63) is 58.6 Å². The van der Waals surface area contributed by atoms with Gasteiger partial charge in [0.25, 0.3) is 5.56 Å². The third-order valence-electron chi connectivity index (χ3n) is 8.41. The Hall–Kier alpha value is -3.07. The average molecular weight is 565 g/mol. The third kappa shape index (κ3) is 4.86. The zero-order valence-electron chi connectivity index (χ0n) is 23.8. The van der Waals surface area contributed by atoms with Crippen LogP contribution in [0.4, 0.5) is 23.3 Å². The van der Waals surface area contributed by atoms with E-state index in [2.05, 4.69) is 36.0 Å². The molecule has 0 spiro atoms. The molecule has 10 nitrogen and oxygen atoms in total. The van der Waals surface area contributed by atoms with E-state index >= 15 is 0 Å². The maximum absolute atomic E-state index is 12.9. The number of hydrogen-bond acceptors (Lipinski definition) is 9. The molecule has 6 rings (SSSR count). The number of anilines is 4. The highest BCUT2D eigenvalue weighted by Crippen LogP contribution is 2.53. The molecule has 3 aromatic rings. The molecule has 3 aliphatic heterocycles. The lowest BCUT2D eigenvalue weighted by atomic mass is 9.73.